The number of halogens is 5. The Hall–Kier alpha value is -1.66. The van der Waals surface area contributed by atoms with Crippen molar-refractivity contribution in [1.82, 2.24) is 10.2 Å². The summed E-state index contributed by atoms with van der Waals surface area (Å²) >= 11 is 5.62. The smallest absolute Gasteiger partial charge is 0.484 e. The Labute approximate surface area is 194 Å². The van der Waals surface area contributed by atoms with Crippen molar-refractivity contribution in [1.29, 1.82) is 0 Å². The summed E-state index contributed by atoms with van der Waals surface area (Å²) in [6.45, 7) is 1.99. The Morgan fingerprint density at radius 2 is 2.03 bits per heavy atom. The van der Waals surface area contributed by atoms with Gasteiger partial charge in [-0.2, -0.15) is 0 Å². The normalized spacial score (nSPS) is 26.0. The first-order valence-corrected chi connectivity index (χ1v) is 11.0. The first kappa shape index (κ1) is 26.0. The highest BCUT2D eigenvalue weighted by atomic mass is 35.5. The van der Waals surface area contributed by atoms with E-state index in [-0.39, 0.29) is 54.4 Å². The lowest BCUT2D eigenvalue weighted by atomic mass is 9.92. The van der Waals surface area contributed by atoms with E-state index in [2.05, 4.69) is 15.0 Å². The van der Waals surface area contributed by atoms with E-state index in [9.17, 15) is 22.4 Å². The molecular weight excluding hydrogens is 472 g/mol. The molecule has 2 aliphatic rings. The van der Waals surface area contributed by atoms with E-state index < -0.39 is 18.3 Å². The van der Waals surface area contributed by atoms with Gasteiger partial charge in [0.15, 0.2) is 6.61 Å². The summed E-state index contributed by atoms with van der Waals surface area (Å²) in [7, 11) is 1.56. The molecule has 0 bridgehead atoms. The van der Waals surface area contributed by atoms with Gasteiger partial charge in [0.25, 0.3) is 5.91 Å². The van der Waals surface area contributed by atoms with Gasteiger partial charge >= 0.3 is 6.36 Å². The van der Waals surface area contributed by atoms with Crippen molar-refractivity contribution in [2.75, 3.05) is 40.0 Å². The Kier molecular flexibility index (Phi) is 9.17. The van der Waals surface area contributed by atoms with Gasteiger partial charge in [-0.05, 0) is 18.6 Å². The number of rotatable bonds is 10. The summed E-state index contributed by atoms with van der Waals surface area (Å²) in [4.78, 5) is 14.4. The number of piperidine rings is 1. The van der Waals surface area contributed by atoms with Crippen LogP contribution in [0.1, 0.15) is 19.3 Å². The fraction of sp³-hybridized carbons (Fsp3) is 0.667. The Balaban J connectivity index is 1.32. The summed E-state index contributed by atoms with van der Waals surface area (Å²) in [5.74, 6) is -0.778. The molecule has 2 fully saturated rings. The van der Waals surface area contributed by atoms with Gasteiger partial charge in [-0.25, -0.2) is 4.39 Å². The fourth-order valence-electron chi connectivity index (χ4n) is 3.84. The van der Waals surface area contributed by atoms with E-state index in [0.29, 0.717) is 32.7 Å². The molecule has 3 rings (SSSR count). The first-order valence-electron chi connectivity index (χ1n) is 10.6. The molecule has 1 aliphatic heterocycles. The van der Waals surface area contributed by atoms with Gasteiger partial charge in [0.1, 0.15) is 11.6 Å². The van der Waals surface area contributed by atoms with E-state index >= 15 is 0 Å². The number of amides is 1. The van der Waals surface area contributed by atoms with Gasteiger partial charge in [0, 0.05) is 45.7 Å². The second-order valence-electron chi connectivity index (χ2n) is 8.05. The molecule has 12 heteroatoms. The van der Waals surface area contributed by atoms with Crippen LogP contribution in [-0.2, 0) is 19.0 Å². The van der Waals surface area contributed by atoms with Crippen LogP contribution in [0.5, 0.6) is 5.75 Å². The summed E-state index contributed by atoms with van der Waals surface area (Å²) in [5.41, 5.74) is 0. The topological polar surface area (TPSA) is 69.3 Å². The van der Waals surface area contributed by atoms with Crippen molar-refractivity contribution < 1.29 is 41.3 Å². The first-order chi connectivity index (χ1) is 15.6. The fourth-order valence-corrected chi connectivity index (χ4v) is 3.96. The number of nitrogens with zero attached hydrogens (tertiary/aromatic N) is 1. The number of carbonyl (C=O) groups is 1. The van der Waals surface area contributed by atoms with Crippen LogP contribution >= 0.6 is 11.6 Å². The molecule has 33 heavy (non-hydrogen) atoms. The van der Waals surface area contributed by atoms with Crippen molar-refractivity contribution in [3.05, 3.63) is 29.0 Å². The Bertz CT molecular complexity index is 794. The van der Waals surface area contributed by atoms with E-state index in [4.69, 9.17) is 25.8 Å². The molecule has 0 spiro atoms. The summed E-state index contributed by atoms with van der Waals surface area (Å²) < 4.78 is 70.3. The lowest BCUT2D eigenvalue weighted by Gasteiger charge is -2.39. The molecule has 1 heterocycles. The van der Waals surface area contributed by atoms with E-state index in [1.165, 1.54) is 12.1 Å². The van der Waals surface area contributed by atoms with Crippen LogP contribution in [0.3, 0.4) is 0 Å². The van der Waals surface area contributed by atoms with E-state index in [1.54, 1.807) is 7.11 Å². The number of carbonyl (C=O) groups excluding carboxylic acids is 1. The standard InChI is InChI=1S/C21H27ClF4N2O5/c1-30-19-11-28(6-7-31-14-8-15(9-14)33-21(24,25)26)5-4-18(19)27-20(29)12-32-13-2-3-16(22)17(23)10-13/h2-3,10,14-15,18-19H,4-9,11-12H2,1H3,(H,27,29)/t14?,15?,18-,19-/m0/s1. The highest BCUT2D eigenvalue weighted by Gasteiger charge is 2.40. The zero-order valence-corrected chi connectivity index (χ0v) is 18.8. The maximum absolute atomic E-state index is 13.5. The number of alkyl halides is 3. The van der Waals surface area contributed by atoms with Crippen LogP contribution in [0.4, 0.5) is 17.6 Å². The molecule has 2 atom stereocenters. The highest BCUT2D eigenvalue weighted by molar-refractivity contribution is 6.30. The van der Waals surface area contributed by atoms with Crippen molar-refractivity contribution in [2.24, 2.45) is 0 Å². The molecule has 1 saturated heterocycles. The molecule has 186 valence electrons. The molecular formula is C21H27ClF4N2O5. The molecule has 1 N–H and O–H groups in total. The predicted octanol–water partition coefficient (Wildman–Crippen LogP) is 3.15. The van der Waals surface area contributed by atoms with Gasteiger partial charge in [-0.3, -0.25) is 14.4 Å². The second kappa shape index (κ2) is 11.7. The number of nitrogens with one attached hydrogen (secondary N) is 1. The number of methoxy groups -OCH3 is 1. The van der Waals surface area contributed by atoms with Crippen molar-refractivity contribution >= 4 is 17.5 Å². The van der Waals surface area contributed by atoms with Crippen LogP contribution in [0.15, 0.2) is 18.2 Å². The third kappa shape index (κ3) is 8.25. The highest BCUT2D eigenvalue weighted by Crippen LogP contribution is 2.32. The van der Waals surface area contributed by atoms with E-state index in [0.717, 1.165) is 6.07 Å². The maximum Gasteiger partial charge on any atom is 0.522 e. The molecule has 1 amide bonds. The monoisotopic (exact) mass is 498 g/mol. The average Bonchev–Trinajstić information content (AvgIpc) is 2.72. The summed E-state index contributed by atoms with van der Waals surface area (Å²) in [6.07, 6.45) is -4.78. The molecule has 1 saturated carbocycles. The number of benzene rings is 1. The largest absolute Gasteiger partial charge is 0.522 e. The minimum atomic E-state index is -4.61. The zero-order valence-electron chi connectivity index (χ0n) is 18.1. The zero-order chi connectivity index (χ0) is 24.0. The van der Waals surface area contributed by atoms with Gasteiger partial charge in [0.05, 0.1) is 36.0 Å². The lowest BCUT2D eigenvalue weighted by Crippen LogP contribution is -2.56. The average molecular weight is 499 g/mol. The van der Waals surface area contributed by atoms with Gasteiger partial charge < -0.3 is 19.5 Å². The van der Waals surface area contributed by atoms with Gasteiger partial charge in [0.2, 0.25) is 0 Å². The second-order valence-corrected chi connectivity index (χ2v) is 8.46. The lowest BCUT2D eigenvalue weighted by molar-refractivity contribution is -0.357. The maximum atomic E-state index is 13.5. The van der Waals surface area contributed by atoms with Gasteiger partial charge in [-0.15, -0.1) is 13.2 Å². The summed E-state index contributed by atoms with van der Waals surface area (Å²) in [6, 6.07) is 3.73. The van der Waals surface area contributed by atoms with Crippen molar-refractivity contribution in [2.45, 2.75) is 50.0 Å². The molecule has 0 radical (unpaired) electrons. The molecule has 1 aliphatic carbocycles. The Morgan fingerprint density at radius 3 is 2.70 bits per heavy atom. The molecule has 7 nitrogen and oxygen atoms in total. The SMILES string of the molecule is CO[C@H]1CN(CCOC2CC(OC(F)(F)F)C2)CC[C@@H]1NC(=O)COc1ccc(Cl)c(F)c1. The molecule has 1 aromatic carbocycles. The van der Waals surface area contributed by atoms with Crippen molar-refractivity contribution in [3.63, 3.8) is 0 Å². The van der Waals surface area contributed by atoms with Crippen LogP contribution < -0.4 is 10.1 Å². The number of ether oxygens (including phenoxy) is 4. The third-order valence-electron chi connectivity index (χ3n) is 5.67. The van der Waals surface area contributed by atoms with Crippen molar-refractivity contribution in [3.8, 4) is 5.75 Å². The molecule has 1 aromatic rings. The number of likely N-dealkylation sites (tertiary alicyclic amines) is 1. The minimum Gasteiger partial charge on any atom is -0.484 e. The minimum absolute atomic E-state index is 0.0285. The van der Waals surface area contributed by atoms with Crippen LogP contribution in [0, 0.1) is 5.82 Å². The number of hydrogen-bond acceptors (Lipinski definition) is 6. The molecule has 0 aromatic heterocycles. The van der Waals surface area contributed by atoms with Gasteiger partial charge in [-0.1, -0.05) is 11.6 Å². The summed E-state index contributed by atoms with van der Waals surface area (Å²) in [5, 5.41) is 2.85. The van der Waals surface area contributed by atoms with Crippen LogP contribution in [-0.4, -0.2) is 81.5 Å². The predicted molar refractivity (Wildman–Crippen MR) is 111 cm³/mol. The van der Waals surface area contributed by atoms with Crippen LogP contribution in [0.2, 0.25) is 5.02 Å². The number of hydrogen-bond donors (Lipinski definition) is 1. The van der Waals surface area contributed by atoms with E-state index in [1.807, 2.05) is 0 Å². The third-order valence-corrected chi connectivity index (χ3v) is 5.97. The quantitative estimate of drug-likeness (QED) is 0.500. The Morgan fingerprint density at radius 1 is 1.27 bits per heavy atom. The molecule has 0 unspecified atom stereocenters. The van der Waals surface area contributed by atoms with Crippen LogP contribution in [0.25, 0.3) is 0 Å².